The van der Waals surface area contributed by atoms with Crippen molar-refractivity contribution >= 4 is 62.1 Å². The normalized spacial score (nSPS) is 13.7. The topological polar surface area (TPSA) is 61.9 Å². The predicted molar refractivity (Wildman–Crippen MR) is 133 cm³/mol. The fourth-order valence-electron chi connectivity index (χ4n) is 3.56. The van der Waals surface area contributed by atoms with Crippen LogP contribution < -0.4 is 15.0 Å². The molecule has 166 valence electrons. The molecule has 1 fully saturated rings. The van der Waals surface area contributed by atoms with E-state index in [0.717, 1.165) is 10.6 Å². The molecule has 3 aromatic rings. The van der Waals surface area contributed by atoms with Crippen molar-refractivity contribution in [3.63, 3.8) is 0 Å². The second-order valence-electron chi connectivity index (χ2n) is 7.23. The van der Waals surface area contributed by atoms with Crippen molar-refractivity contribution in [2.24, 2.45) is 0 Å². The minimum absolute atomic E-state index is 0.0778. The highest BCUT2D eigenvalue weighted by atomic mass is 79.9. The number of amides is 2. The molecule has 0 atom stereocenters. The van der Waals surface area contributed by atoms with Crippen molar-refractivity contribution in [2.75, 3.05) is 43.5 Å². The van der Waals surface area contributed by atoms with Gasteiger partial charge in [-0.15, -0.1) is 11.3 Å². The Balaban J connectivity index is 1.39. The molecule has 2 amide bonds. The zero-order valence-electron chi connectivity index (χ0n) is 17.3. The number of halogens is 2. The lowest BCUT2D eigenvalue weighted by Gasteiger charge is -2.36. The van der Waals surface area contributed by atoms with Crippen LogP contribution in [0.4, 0.5) is 11.4 Å². The number of carbonyl (C=O) groups is 2. The van der Waals surface area contributed by atoms with Crippen LogP contribution in [0, 0.1) is 0 Å². The summed E-state index contributed by atoms with van der Waals surface area (Å²) in [5, 5.41) is 5.34. The quantitative estimate of drug-likeness (QED) is 0.477. The minimum Gasteiger partial charge on any atom is -0.496 e. The molecule has 0 spiro atoms. The van der Waals surface area contributed by atoms with Crippen LogP contribution in [0.5, 0.6) is 5.75 Å². The van der Waals surface area contributed by atoms with Crippen molar-refractivity contribution in [1.82, 2.24) is 4.90 Å². The number of piperazine rings is 1. The largest absolute Gasteiger partial charge is 0.496 e. The lowest BCUT2D eigenvalue weighted by Crippen LogP contribution is -2.48. The second-order valence-corrected chi connectivity index (χ2v) is 9.44. The molecule has 9 heteroatoms. The van der Waals surface area contributed by atoms with Crippen LogP contribution in [0.2, 0.25) is 5.02 Å². The minimum atomic E-state index is -0.238. The van der Waals surface area contributed by atoms with Crippen LogP contribution in [0.3, 0.4) is 0 Å². The molecule has 1 aliphatic heterocycles. The molecule has 1 aliphatic rings. The van der Waals surface area contributed by atoms with Gasteiger partial charge < -0.3 is 19.9 Å². The number of thiophene rings is 1. The SMILES string of the molecule is COc1ccc(C(=O)Nc2ccc(N3CCN(C(=O)c4cccs4)CC3)c(Cl)c2)cc1Br. The molecule has 4 rings (SSSR count). The van der Waals surface area contributed by atoms with E-state index in [2.05, 4.69) is 26.1 Å². The average Bonchev–Trinajstić information content (AvgIpc) is 3.34. The van der Waals surface area contributed by atoms with Crippen molar-refractivity contribution in [3.05, 3.63) is 73.8 Å². The smallest absolute Gasteiger partial charge is 0.264 e. The summed E-state index contributed by atoms with van der Waals surface area (Å²) in [6, 6.07) is 14.4. The van der Waals surface area contributed by atoms with Crippen LogP contribution in [0.1, 0.15) is 20.0 Å². The number of benzene rings is 2. The fourth-order valence-corrected chi connectivity index (χ4v) is 5.09. The molecule has 0 bridgehead atoms. The fraction of sp³-hybridized carbons (Fsp3) is 0.217. The number of ether oxygens (including phenoxy) is 1. The van der Waals surface area contributed by atoms with E-state index in [1.54, 1.807) is 31.4 Å². The van der Waals surface area contributed by atoms with Crippen molar-refractivity contribution in [1.29, 1.82) is 0 Å². The third kappa shape index (κ3) is 4.92. The summed E-state index contributed by atoms with van der Waals surface area (Å²) in [6.07, 6.45) is 0. The summed E-state index contributed by atoms with van der Waals surface area (Å²) < 4.78 is 5.91. The number of nitrogens with one attached hydrogen (secondary N) is 1. The molecular formula is C23H21BrClN3O3S. The number of rotatable bonds is 5. The summed E-state index contributed by atoms with van der Waals surface area (Å²) >= 11 is 11.4. The third-order valence-corrected chi connectivity index (χ3v) is 7.04. The number of hydrogen-bond acceptors (Lipinski definition) is 5. The highest BCUT2D eigenvalue weighted by Crippen LogP contribution is 2.31. The van der Waals surface area contributed by atoms with Gasteiger partial charge in [0.15, 0.2) is 0 Å². The van der Waals surface area contributed by atoms with Gasteiger partial charge in [0.25, 0.3) is 11.8 Å². The summed E-state index contributed by atoms with van der Waals surface area (Å²) in [4.78, 5) is 29.9. The molecule has 1 aromatic heterocycles. The zero-order chi connectivity index (χ0) is 22.7. The van der Waals surface area contributed by atoms with Gasteiger partial charge in [-0.2, -0.15) is 0 Å². The van der Waals surface area contributed by atoms with Crippen molar-refractivity contribution < 1.29 is 14.3 Å². The van der Waals surface area contributed by atoms with Gasteiger partial charge in [-0.05, 0) is 63.8 Å². The Morgan fingerprint density at radius 3 is 2.50 bits per heavy atom. The van der Waals surface area contributed by atoms with Crippen molar-refractivity contribution in [3.8, 4) is 5.75 Å². The molecule has 1 saturated heterocycles. The van der Waals surface area contributed by atoms with Crippen molar-refractivity contribution in [2.45, 2.75) is 0 Å². The molecule has 2 heterocycles. The monoisotopic (exact) mass is 533 g/mol. The van der Waals surface area contributed by atoms with E-state index >= 15 is 0 Å². The highest BCUT2D eigenvalue weighted by Gasteiger charge is 2.24. The van der Waals surface area contributed by atoms with Gasteiger partial charge in [-0.25, -0.2) is 0 Å². The van der Waals surface area contributed by atoms with E-state index in [4.69, 9.17) is 16.3 Å². The Hall–Kier alpha value is -2.55. The summed E-state index contributed by atoms with van der Waals surface area (Å²) in [5.41, 5.74) is 2.01. The van der Waals surface area contributed by atoms with E-state index in [1.807, 2.05) is 34.5 Å². The van der Waals surface area contributed by atoms with Crippen LogP contribution in [-0.2, 0) is 0 Å². The zero-order valence-corrected chi connectivity index (χ0v) is 20.5. The number of anilines is 2. The lowest BCUT2D eigenvalue weighted by molar-refractivity contribution is 0.0751. The first kappa shape index (κ1) is 22.6. The van der Waals surface area contributed by atoms with E-state index in [-0.39, 0.29) is 11.8 Å². The maximum absolute atomic E-state index is 12.6. The molecule has 0 unspecified atom stereocenters. The average molecular weight is 535 g/mol. The number of methoxy groups -OCH3 is 1. The van der Waals surface area contributed by atoms with Crippen LogP contribution in [-0.4, -0.2) is 50.0 Å². The summed E-state index contributed by atoms with van der Waals surface area (Å²) in [5.74, 6) is 0.498. The molecule has 6 nitrogen and oxygen atoms in total. The van der Waals surface area contributed by atoms with Gasteiger partial charge in [0.1, 0.15) is 5.75 Å². The first-order valence-corrected chi connectivity index (χ1v) is 12.0. The maximum atomic E-state index is 12.6. The highest BCUT2D eigenvalue weighted by molar-refractivity contribution is 9.10. The Morgan fingerprint density at radius 1 is 1.09 bits per heavy atom. The number of nitrogens with zero attached hydrogens (tertiary/aromatic N) is 2. The Labute approximate surface area is 203 Å². The molecule has 0 radical (unpaired) electrons. The van der Waals surface area contributed by atoms with Crippen LogP contribution >= 0.6 is 38.9 Å². The predicted octanol–water partition coefficient (Wildman–Crippen LogP) is 5.39. The Bertz CT molecular complexity index is 1130. The van der Waals surface area contributed by atoms with E-state index in [1.165, 1.54) is 11.3 Å². The lowest BCUT2D eigenvalue weighted by atomic mass is 10.2. The van der Waals surface area contributed by atoms with E-state index < -0.39 is 0 Å². The van der Waals surface area contributed by atoms with E-state index in [0.29, 0.717) is 52.7 Å². The molecule has 1 N–H and O–H groups in total. The maximum Gasteiger partial charge on any atom is 0.264 e. The Morgan fingerprint density at radius 2 is 1.88 bits per heavy atom. The van der Waals surface area contributed by atoms with Gasteiger partial charge in [-0.3, -0.25) is 9.59 Å². The van der Waals surface area contributed by atoms with Crippen LogP contribution in [0.25, 0.3) is 0 Å². The molecule has 0 aliphatic carbocycles. The van der Waals surface area contributed by atoms with Gasteiger partial charge in [-0.1, -0.05) is 17.7 Å². The first-order chi connectivity index (χ1) is 15.5. The standard InChI is InChI=1S/C23H21BrClN3O3S/c1-31-20-7-4-15(13-17(20)24)22(29)26-16-5-6-19(18(25)14-16)27-8-10-28(11-9-27)23(30)21-3-2-12-32-21/h2-7,12-14H,8-11H2,1H3,(H,26,29). The summed E-state index contributed by atoms with van der Waals surface area (Å²) in [7, 11) is 1.57. The third-order valence-electron chi connectivity index (χ3n) is 5.26. The van der Waals surface area contributed by atoms with Crippen LogP contribution in [0.15, 0.2) is 58.4 Å². The van der Waals surface area contributed by atoms with Gasteiger partial charge in [0.2, 0.25) is 0 Å². The van der Waals surface area contributed by atoms with Gasteiger partial charge >= 0.3 is 0 Å². The molecule has 0 saturated carbocycles. The Kier molecular flexibility index (Phi) is 7.03. The molecule has 32 heavy (non-hydrogen) atoms. The first-order valence-electron chi connectivity index (χ1n) is 9.98. The van der Waals surface area contributed by atoms with Gasteiger partial charge in [0, 0.05) is 37.4 Å². The molecule has 2 aromatic carbocycles. The number of carbonyl (C=O) groups excluding carboxylic acids is 2. The molecular weight excluding hydrogens is 514 g/mol. The van der Waals surface area contributed by atoms with E-state index in [9.17, 15) is 9.59 Å². The number of hydrogen-bond donors (Lipinski definition) is 1. The summed E-state index contributed by atoms with van der Waals surface area (Å²) in [6.45, 7) is 2.67. The second kappa shape index (κ2) is 9.94. The van der Waals surface area contributed by atoms with Gasteiger partial charge in [0.05, 0.1) is 27.2 Å².